The first kappa shape index (κ1) is 17.2. The first-order chi connectivity index (χ1) is 9.85. The summed E-state index contributed by atoms with van der Waals surface area (Å²) in [5, 5.41) is 7.70. The summed E-state index contributed by atoms with van der Waals surface area (Å²) in [5.41, 5.74) is 0.0905. The zero-order chi connectivity index (χ0) is 16.0. The fraction of sp³-hybridized carbons (Fsp3) is 0.417. The Labute approximate surface area is 123 Å². The molecule has 118 valence electrons. The van der Waals surface area contributed by atoms with E-state index in [1.807, 2.05) is 0 Å². The lowest BCUT2D eigenvalue weighted by atomic mass is 10.2. The number of carbonyl (C=O) groups excluding carboxylic acids is 1. The van der Waals surface area contributed by atoms with Gasteiger partial charge in [-0.05, 0) is 12.1 Å². The van der Waals surface area contributed by atoms with Crippen LogP contribution in [0.1, 0.15) is 10.4 Å². The van der Waals surface area contributed by atoms with Gasteiger partial charge in [0.05, 0.1) is 20.8 Å². The van der Waals surface area contributed by atoms with Crippen molar-refractivity contribution in [2.45, 2.75) is 4.90 Å². The van der Waals surface area contributed by atoms with E-state index < -0.39 is 15.9 Å². The first-order valence-electron chi connectivity index (χ1n) is 5.91. The van der Waals surface area contributed by atoms with Crippen molar-refractivity contribution in [1.82, 2.24) is 5.32 Å². The van der Waals surface area contributed by atoms with E-state index in [0.717, 1.165) is 6.07 Å². The summed E-state index contributed by atoms with van der Waals surface area (Å²) >= 11 is 0. The standard InChI is InChI=1S/C12H18N2O6S/c1-18-5-4-14-12(15)8-6-9(19-2)11(20-3)10(7-8)21(13,16)17/h6-7H,4-5H2,1-3H3,(H,14,15)(H2,13,16,17). The second kappa shape index (κ2) is 7.25. The lowest BCUT2D eigenvalue weighted by molar-refractivity contribution is 0.0936. The Hall–Kier alpha value is -1.84. The third kappa shape index (κ3) is 4.31. The maximum absolute atomic E-state index is 12.0. The molecule has 0 saturated heterocycles. The molecule has 1 aromatic rings. The van der Waals surface area contributed by atoms with Crippen molar-refractivity contribution in [2.75, 3.05) is 34.5 Å². The van der Waals surface area contributed by atoms with Crippen molar-refractivity contribution in [3.63, 3.8) is 0 Å². The van der Waals surface area contributed by atoms with Crippen molar-refractivity contribution in [1.29, 1.82) is 0 Å². The van der Waals surface area contributed by atoms with Crippen LogP contribution in [0.15, 0.2) is 17.0 Å². The second-order valence-corrected chi connectivity index (χ2v) is 5.53. The summed E-state index contributed by atoms with van der Waals surface area (Å²) in [4.78, 5) is 11.6. The average Bonchev–Trinajstić information content (AvgIpc) is 2.44. The molecular formula is C12H18N2O6S. The van der Waals surface area contributed by atoms with Crippen LogP contribution < -0.4 is 19.9 Å². The first-order valence-corrected chi connectivity index (χ1v) is 7.45. The number of nitrogens with one attached hydrogen (secondary N) is 1. The molecule has 0 aliphatic heterocycles. The zero-order valence-electron chi connectivity index (χ0n) is 12.0. The number of sulfonamides is 1. The predicted octanol–water partition coefficient (Wildman–Crippen LogP) is -0.273. The van der Waals surface area contributed by atoms with E-state index >= 15 is 0 Å². The topological polar surface area (TPSA) is 117 Å². The molecule has 0 heterocycles. The number of ether oxygens (including phenoxy) is 3. The summed E-state index contributed by atoms with van der Waals surface area (Å²) in [6.07, 6.45) is 0. The molecule has 0 aromatic heterocycles. The Balaban J connectivity index is 3.27. The Morgan fingerprint density at radius 1 is 1.24 bits per heavy atom. The number of methoxy groups -OCH3 is 3. The summed E-state index contributed by atoms with van der Waals surface area (Å²) in [7, 11) is 0.0459. The van der Waals surface area contributed by atoms with Gasteiger partial charge in [0.15, 0.2) is 11.5 Å². The van der Waals surface area contributed by atoms with Gasteiger partial charge in [-0.25, -0.2) is 13.6 Å². The van der Waals surface area contributed by atoms with Crippen LogP contribution >= 0.6 is 0 Å². The molecule has 0 aliphatic rings. The summed E-state index contributed by atoms with van der Waals surface area (Å²) in [6, 6.07) is 2.51. The Bertz CT molecular complexity index is 614. The molecule has 0 bridgehead atoms. The molecule has 3 N–H and O–H groups in total. The third-order valence-electron chi connectivity index (χ3n) is 2.61. The third-order valence-corrected chi connectivity index (χ3v) is 3.52. The van der Waals surface area contributed by atoms with Crippen molar-refractivity contribution < 1.29 is 27.4 Å². The van der Waals surface area contributed by atoms with Gasteiger partial charge < -0.3 is 19.5 Å². The van der Waals surface area contributed by atoms with Crippen molar-refractivity contribution >= 4 is 15.9 Å². The van der Waals surface area contributed by atoms with Gasteiger partial charge in [-0.15, -0.1) is 0 Å². The van der Waals surface area contributed by atoms with Gasteiger partial charge >= 0.3 is 0 Å². The molecule has 0 fully saturated rings. The Morgan fingerprint density at radius 3 is 2.38 bits per heavy atom. The molecule has 1 amide bonds. The molecular weight excluding hydrogens is 300 g/mol. The molecule has 0 unspecified atom stereocenters. The maximum atomic E-state index is 12.0. The molecule has 21 heavy (non-hydrogen) atoms. The van der Waals surface area contributed by atoms with E-state index in [4.69, 9.17) is 19.3 Å². The van der Waals surface area contributed by atoms with Crippen LogP contribution in [0, 0.1) is 0 Å². The van der Waals surface area contributed by atoms with Gasteiger partial charge in [0, 0.05) is 19.2 Å². The number of hydrogen-bond donors (Lipinski definition) is 2. The smallest absolute Gasteiger partial charge is 0.251 e. The van der Waals surface area contributed by atoms with Crippen LogP contribution in [-0.2, 0) is 14.8 Å². The van der Waals surface area contributed by atoms with E-state index in [-0.39, 0.29) is 28.5 Å². The number of rotatable bonds is 7. The zero-order valence-corrected chi connectivity index (χ0v) is 12.8. The predicted molar refractivity (Wildman–Crippen MR) is 75.1 cm³/mol. The van der Waals surface area contributed by atoms with Gasteiger partial charge in [0.1, 0.15) is 4.90 Å². The number of hydrogen-bond acceptors (Lipinski definition) is 6. The normalized spacial score (nSPS) is 11.0. The summed E-state index contributed by atoms with van der Waals surface area (Å²) in [6.45, 7) is 0.620. The Morgan fingerprint density at radius 2 is 1.90 bits per heavy atom. The highest BCUT2D eigenvalue weighted by molar-refractivity contribution is 7.89. The highest BCUT2D eigenvalue weighted by Gasteiger charge is 2.22. The largest absolute Gasteiger partial charge is 0.493 e. The van der Waals surface area contributed by atoms with Crippen LogP contribution in [0.2, 0.25) is 0 Å². The molecule has 0 radical (unpaired) electrons. The molecule has 0 aliphatic carbocycles. The van der Waals surface area contributed by atoms with E-state index in [9.17, 15) is 13.2 Å². The lowest BCUT2D eigenvalue weighted by Crippen LogP contribution is -2.27. The average molecular weight is 318 g/mol. The fourth-order valence-electron chi connectivity index (χ4n) is 1.64. The minimum Gasteiger partial charge on any atom is -0.493 e. The molecule has 9 heteroatoms. The van der Waals surface area contributed by atoms with Crippen LogP contribution in [0.3, 0.4) is 0 Å². The fourth-order valence-corrected chi connectivity index (χ4v) is 2.37. The Kier molecular flexibility index (Phi) is 5.94. The minimum atomic E-state index is -4.07. The molecule has 0 saturated carbocycles. The lowest BCUT2D eigenvalue weighted by Gasteiger charge is -2.13. The highest BCUT2D eigenvalue weighted by atomic mass is 32.2. The second-order valence-electron chi connectivity index (χ2n) is 4.00. The quantitative estimate of drug-likeness (QED) is 0.668. The number of amides is 1. The summed E-state index contributed by atoms with van der Waals surface area (Å²) < 4.78 is 38.1. The number of carbonyl (C=O) groups is 1. The van der Waals surface area contributed by atoms with E-state index in [1.54, 1.807) is 0 Å². The molecule has 0 atom stereocenters. The van der Waals surface area contributed by atoms with E-state index in [2.05, 4.69) is 5.32 Å². The summed E-state index contributed by atoms with van der Waals surface area (Å²) in [5.74, 6) is -0.424. The maximum Gasteiger partial charge on any atom is 0.251 e. The van der Waals surface area contributed by atoms with Crippen LogP contribution in [0.4, 0.5) is 0 Å². The van der Waals surface area contributed by atoms with Crippen LogP contribution in [-0.4, -0.2) is 48.8 Å². The van der Waals surface area contributed by atoms with Crippen molar-refractivity contribution in [2.24, 2.45) is 5.14 Å². The van der Waals surface area contributed by atoms with Gasteiger partial charge in [-0.1, -0.05) is 0 Å². The monoisotopic (exact) mass is 318 g/mol. The van der Waals surface area contributed by atoms with Crippen molar-refractivity contribution in [3.8, 4) is 11.5 Å². The molecule has 8 nitrogen and oxygen atoms in total. The van der Waals surface area contributed by atoms with E-state index in [0.29, 0.717) is 6.61 Å². The number of primary sulfonamides is 1. The SMILES string of the molecule is COCCNC(=O)c1cc(OC)c(OC)c(S(N)(=O)=O)c1. The van der Waals surface area contributed by atoms with Gasteiger partial charge in [-0.3, -0.25) is 4.79 Å². The van der Waals surface area contributed by atoms with Crippen molar-refractivity contribution in [3.05, 3.63) is 17.7 Å². The molecule has 0 spiro atoms. The van der Waals surface area contributed by atoms with Gasteiger partial charge in [0.25, 0.3) is 5.91 Å². The molecule has 1 rings (SSSR count). The van der Waals surface area contributed by atoms with Gasteiger partial charge in [0.2, 0.25) is 10.0 Å². The van der Waals surface area contributed by atoms with E-state index in [1.165, 1.54) is 27.4 Å². The minimum absolute atomic E-state index is 0.0477. The number of nitrogens with two attached hydrogens (primary N) is 1. The van der Waals surface area contributed by atoms with Crippen LogP contribution in [0.25, 0.3) is 0 Å². The number of benzene rings is 1. The van der Waals surface area contributed by atoms with Crippen LogP contribution in [0.5, 0.6) is 11.5 Å². The highest BCUT2D eigenvalue weighted by Crippen LogP contribution is 2.34. The molecule has 1 aromatic carbocycles. The van der Waals surface area contributed by atoms with Gasteiger partial charge in [-0.2, -0.15) is 0 Å².